The second-order valence-electron chi connectivity index (χ2n) is 6.04. The van der Waals surface area contributed by atoms with Crippen LogP contribution in [0, 0.1) is 0 Å². The van der Waals surface area contributed by atoms with Crippen molar-refractivity contribution in [2.75, 3.05) is 5.32 Å². The Balaban J connectivity index is 1.70. The van der Waals surface area contributed by atoms with Gasteiger partial charge < -0.3 is 5.32 Å². The van der Waals surface area contributed by atoms with E-state index in [1.807, 2.05) is 54.6 Å². The molecule has 1 unspecified atom stereocenters. The van der Waals surface area contributed by atoms with Crippen molar-refractivity contribution in [3.8, 4) is 11.1 Å². The van der Waals surface area contributed by atoms with Crippen molar-refractivity contribution in [1.82, 2.24) is 4.98 Å². The van der Waals surface area contributed by atoms with Gasteiger partial charge >= 0.3 is 6.18 Å². The van der Waals surface area contributed by atoms with Gasteiger partial charge in [0.15, 0.2) is 0 Å². The Morgan fingerprint density at radius 2 is 1.68 bits per heavy atom. The van der Waals surface area contributed by atoms with E-state index >= 15 is 0 Å². The molecule has 144 valence electrons. The Bertz CT molecular complexity index is 944. The normalized spacial score (nSPS) is 12.4. The number of nitrogens with one attached hydrogen (secondary N) is 1. The van der Waals surface area contributed by atoms with Crippen molar-refractivity contribution in [2.24, 2.45) is 0 Å². The van der Waals surface area contributed by atoms with Gasteiger partial charge in [0.1, 0.15) is 0 Å². The Morgan fingerprint density at radius 3 is 2.32 bits per heavy atom. The van der Waals surface area contributed by atoms with E-state index in [-0.39, 0.29) is 5.91 Å². The van der Waals surface area contributed by atoms with Gasteiger partial charge in [-0.3, -0.25) is 4.79 Å². The van der Waals surface area contributed by atoms with Crippen molar-refractivity contribution >= 4 is 23.4 Å². The van der Waals surface area contributed by atoms with Crippen molar-refractivity contribution in [1.29, 1.82) is 0 Å². The quantitative estimate of drug-likeness (QED) is 0.542. The summed E-state index contributed by atoms with van der Waals surface area (Å²) >= 11 is 1.10. The molecule has 1 amide bonds. The molecule has 1 aromatic heterocycles. The summed E-state index contributed by atoms with van der Waals surface area (Å²) < 4.78 is 37.9. The van der Waals surface area contributed by atoms with Gasteiger partial charge in [-0.15, -0.1) is 0 Å². The maximum Gasteiger partial charge on any atom is 0.417 e. The first-order valence-electron chi connectivity index (χ1n) is 8.50. The first-order valence-corrected chi connectivity index (χ1v) is 9.38. The largest absolute Gasteiger partial charge is 0.417 e. The number of carbonyl (C=O) groups is 1. The third-order valence-electron chi connectivity index (χ3n) is 4.00. The lowest BCUT2D eigenvalue weighted by atomic mass is 10.0. The van der Waals surface area contributed by atoms with Gasteiger partial charge in [-0.2, -0.15) is 13.2 Å². The molecule has 1 heterocycles. The Labute approximate surface area is 165 Å². The summed E-state index contributed by atoms with van der Waals surface area (Å²) in [5.74, 6) is -0.255. The summed E-state index contributed by atoms with van der Waals surface area (Å²) in [6.45, 7) is 1.69. The molecule has 28 heavy (non-hydrogen) atoms. The number of benzene rings is 2. The second kappa shape index (κ2) is 8.48. The Morgan fingerprint density at radius 1 is 1.00 bits per heavy atom. The summed E-state index contributed by atoms with van der Waals surface area (Å²) in [6, 6.07) is 19.4. The van der Waals surface area contributed by atoms with E-state index in [0.29, 0.717) is 10.7 Å². The molecular formula is C21H17F3N2OS. The highest BCUT2D eigenvalue weighted by atomic mass is 32.2. The lowest BCUT2D eigenvalue weighted by Gasteiger charge is -2.15. The molecule has 0 saturated carbocycles. The zero-order valence-electron chi connectivity index (χ0n) is 14.9. The fourth-order valence-corrected chi connectivity index (χ4v) is 3.34. The Hall–Kier alpha value is -2.80. The fraction of sp³-hybridized carbons (Fsp3) is 0.143. The van der Waals surface area contributed by atoms with Gasteiger partial charge in [0, 0.05) is 17.4 Å². The number of alkyl halides is 3. The van der Waals surface area contributed by atoms with Crippen LogP contribution in [0.2, 0.25) is 0 Å². The maximum absolute atomic E-state index is 12.6. The number of hydrogen-bond donors (Lipinski definition) is 1. The lowest BCUT2D eigenvalue weighted by Crippen LogP contribution is -2.22. The fourth-order valence-electron chi connectivity index (χ4n) is 2.55. The molecule has 7 heteroatoms. The first kappa shape index (κ1) is 19.9. The van der Waals surface area contributed by atoms with E-state index in [0.717, 1.165) is 35.2 Å². The number of anilines is 1. The van der Waals surface area contributed by atoms with Crippen molar-refractivity contribution in [2.45, 2.75) is 23.4 Å². The van der Waals surface area contributed by atoms with Gasteiger partial charge in [-0.25, -0.2) is 4.98 Å². The highest BCUT2D eigenvalue weighted by Gasteiger charge is 2.30. The first-order chi connectivity index (χ1) is 13.3. The predicted molar refractivity (Wildman–Crippen MR) is 105 cm³/mol. The second-order valence-corrected chi connectivity index (χ2v) is 7.40. The number of rotatable bonds is 5. The van der Waals surface area contributed by atoms with E-state index in [1.54, 1.807) is 6.92 Å². The van der Waals surface area contributed by atoms with Crippen LogP contribution in [0.1, 0.15) is 12.5 Å². The molecule has 1 atom stereocenters. The molecule has 3 aromatic rings. The molecule has 0 radical (unpaired) electrons. The van der Waals surface area contributed by atoms with E-state index in [4.69, 9.17) is 0 Å². The van der Waals surface area contributed by atoms with Crippen LogP contribution in [0.15, 0.2) is 78.0 Å². The smallest absolute Gasteiger partial charge is 0.325 e. The summed E-state index contributed by atoms with van der Waals surface area (Å²) in [5, 5.41) is 2.72. The number of carbonyl (C=O) groups excluding carboxylic acids is 1. The molecule has 0 aliphatic carbocycles. The highest BCUT2D eigenvalue weighted by molar-refractivity contribution is 8.00. The summed E-state index contributed by atoms with van der Waals surface area (Å²) in [7, 11) is 0. The number of amides is 1. The SMILES string of the molecule is CC(Sc1ccc(C(F)(F)F)cn1)C(=O)Nc1ccccc1-c1ccccc1. The van der Waals surface area contributed by atoms with Gasteiger partial charge in [-0.05, 0) is 30.7 Å². The van der Waals surface area contributed by atoms with Crippen LogP contribution in [-0.2, 0) is 11.0 Å². The number of pyridine rings is 1. The summed E-state index contributed by atoms with van der Waals surface area (Å²) in [6.07, 6.45) is -3.65. The lowest BCUT2D eigenvalue weighted by molar-refractivity contribution is -0.137. The molecule has 0 bridgehead atoms. The average Bonchev–Trinajstić information content (AvgIpc) is 2.69. The molecule has 3 rings (SSSR count). The number of halogens is 3. The number of nitrogens with zero attached hydrogens (tertiary/aromatic N) is 1. The van der Waals surface area contributed by atoms with E-state index < -0.39 is 17.0 Å². The van der Waals surface area contributed by atoms with Gasteiger partial charge in [-0.1, -0.05) is 60.3 Å². The molecule has 2 aromatic carbocycles. The minimum atomic E-state index is -4.43. The summed E-state index contributed by atoms with van der Waals surface area (Å²) in [5.41, 5.74) is 1.72. The molecular weight excluding hydrogens is 385 g/mol. The van der Waals surface area contributed by atoms with Gasteiger partial charge in [0.05, 0.1) is 15.8 Å². The average molecular weight is 402 g/mol. The van der Waals surface area contributed by atoms with Crippen LogP contribution in [-0.4, -0.2) is 16.1 Å². The summed E-state index contributed by atoms with van der Waals surface area (Å²) in [4.78, 5) is 16.4. The molecule has 3 nitrogen and oxygen atoms in total. The van der Waals surface area contributed by atoms with E-state index in [1.165, 1.54) is 6.07 Å². The van der Waals surface area contributed by atoms with Crippen LogP contribution in [0.25, 0.3) is 11.1 Å². The van der Waals surface area contributed by atoms with E-state index in [2.05, 4.69) is 10.3 Å². The minimum absolute atomic E-state index is 0.255. The molecule has 1 N–H and O–H groups in total. The number of para-hydroxylation sites is 1. The van der Waals surface area contributed by atoms with Crippen molar-refractivity contribution in [3.05, 3.63) is 78.5 Å². The molecule has 0 aliphatic heterocycles. The topological polar surface area (TPSA) is 42.0 Å². The number of hydrogen-bond acceptors (Lipinski definition) is 3. The zero-order chi connectivity index (χ0) is 20.1. The van der Waals surface area contributed by atoms with Gasteiger partial charge in [0.2, 0.25) is 5.91 Å². The van der Waals surface area contributed by atoms with Crippen LogP contribution < -0.4 is 5.32 Å². The molecule has 0 aliphatic rings. The third-order valence-corrected chi connectivity index (χ3v) is 5.05. The zero-order valence-corrected chi connectivity index (χ0v) is 15.7. The van der Waals surface area contributed by atoms with Crippen LogP contribution >= 0.6 is 11.8 Å². The third kappa shape index (κ3) is 4.92. The van der Waals surface area contributed by atoms with Crippen LogP contribution in [0.4, 0.5) is 18.9 Å². The van der Waals surface area contributed by atoms with Gasteiger partial charge in [0.25, 0.3) is 0 Å². The van der Waals surface area contributed by atoms with Crippen LogP contribution in [0.5, 0.6) is 0 Å². The minimum Gasteiger partial charge on any atom is -0.325 e. The Kier molecular flexibility index (Phi) is 6.04. The number of aromatic nitrogens is 1. The van der Waals surface area contributed by atoms with Crippen LogP contribution in [0.3, 0.4) is 0 Å². The number of thioether (sulfide) groups is 1. The predicted octanol–water partition coefficient (Wildman–Crippen LogP) is 5.89. The molecule has 0 saturated heterocycles. The molecule has 0 spiro atoms. The molecule has 0 fully saturated rings. The van der Waals surface area contributed by atoms with Crippen molar-refractivity contribution < 1.29 is 18.0 Å². The van der Waals surface area contributed by atoms with Crippen molar-refractivity contribution in [3.63, 3.8) is 0 Å². The highest BCUT2D eigenvalue weighted by Crippen LogP contribution is 2.31. The van der Waals surface area contributed by atoms with E-state index in [9.17, 15) is 18.0 Å². The maximum atomic E-state index is 12.6. The standard InChI is InChI=1S/C21H17F3N2OS/c1-14(28-19-12-11-16(13-25-19)21(22,23)24)20(27)26-18-10-6-5-9-17(18)15-7-3-2-4-8-15/h2-14H,1H3,(H,26,27). The monoisotopic (exact) mass is 402 g/mol.